The van der Waals surface area contributed by atoms with E-state index in [1.54, 1.807) is 0 Å². The average molecular weight is 329 g/mol. The number of aromatic nitrogens is 1. The number of rotatable bonds is 2. The van der Waals surface area contributed by atoms with Crippen LogP contribution >= 0.6 is 0 Å². The zero-order valence-corrected chi connectivity index (χ0v) is 14.4. The summed E-state index contributed by atoms with van der Waals surface area (Å²) in [4.78, 5) is 7.31. The highest BCUT2D eigenvalue weighted by atomic mass is 15.4. The van der Waals surface area contributed by atoms with E-state index in [9.17, 15) is 5.26 Å². The number of quaternary nitrogens is 1. The number of hydrogen-bond donors (Lipinski definition) is 0. The summed E-state index contributed by atoms with van der Waals surface area (Å²) in [6, 6.07) is 20.9. The van der Waals surface area contributed by atoms with E-state index in [4.69, 9.17) is 4.98 Å². The van der Waals surface area contributed by atoms with Gasteiger partial charge < -0.3 is 4.90 Å². The van der Waals surface area contributed by atoms with Crippen LogP contribution < -0.4 is 4.90 Å². The molecule has 0 bridgehead atoms. The molecule has 1 aliphatic rings. The zero-order chi connectivity index (χ0) is 17.3. The summed E-state index contributed by atoms with van der Waals surface area (Å²) in [7, 11) is 2.00. The Labute approximate surface area is 148 Å². The lowest BCUT2D eigenvalue weighted by Gasteiger charge is -2.36. The summed E-state index contributed by atoms with van der Waals surface area (Å²) in [5, 5.41) is 11.7. The van der Waals surface area contributed by atoms with Crippen molar-refractivity contribution in [3.8, 4) is 17.5 Å². The molecule has 0 saturated carbocycles. The lowest BCUT2D eigenvalue weighted by molar-refractivity contribution is -0.846. The highest BCUT2D eigenvalue weighted by Gasteiger charge is 2.30. The van der Waals surface area contributed by atoms with E-state index in [2.05, 4.69) is 65.7 Å². The van der Waals surface area contributed by atoms with Gasteiger partial charge in [0.25, 0.3) is 0 Å². The minimum Gasteiger partial charge on any atom is -0.345 e. The molecule has 25 heavy (non-hydrogen) atoms. The molecule has 4 rings (SSSR count). The van der Waals surface area contributed by atoms with Crippen LogP contribution in [0.3, 0.4) is 0 Å². The van der Waals surface area contributed by atoms with Crippen LogP contribution in [0.5, 0.6) is 0 Å². The molecule has 1 aromatic heterocycles. The van der Waals surface area contributed by atoms with Gasteiger partial charge in [0.1, 0.15) is 18.9 Å². The van der Waals surface area contributed by atoms with Gasteiger partial charge >= 0.3 is 6.19 Å². The molecule has 0 aliphatic carbocycles. The summed E-state index contributed by atoms with van der Waals surface area (Å²) in [6.07, 6.45) is 2.41. The number of nitrogens with zero attached hydrogens (tertiary/aromatic N) is 4. The normalized spacial score (nSPS) is 16.6. The first-order valence-corrected chi connectivity index (χ1v) is 8.65. The monoisotopic (exact) mass is 329 g/mol. The van der Waals surface area contributed by atoms with E-state index < -0.39 is 0 Å². The number of anilines is 1. The highest BCUT2D eigenvalue weighted by Crippen LogP contribution is 2.30. The third-order valence-electron chi connectivity index (χ3n) is 5.07. The fourth-order valence-corrected chi connectivity index (χ4v) is 3.40. The largest absolute Gasteiger partial charge is 0.345 e. The fraction of sp³-hybridized carbons (Fsp3) is 0.238. The number of pyridine rings is 1. The third-order valence-corrected chi connectivity index (χ3v) is 5.07. The fourth-order valence-electron chi connectivity index (χ4n) is 3.40. The van der Waals surface area contributed by atoms with Crippen molar-refractivity contribution in [2.75, 3.05) is 38.1 Å². The van der Waals surface area contributed by atoms with Gasteiger partial charge in [-0.15, -0.1) is 5.26 Å². The summed E-state index contributed by atoms with van der Waals surface area (Å²) >= 11 is 0. The maximum atomic E-state index is 9.33. The van der Waals surface area contributed by atoms with Gasteiger partial charge in [0.05, 0.1) is 25.8 Å². The lowest BCUT2D eigenvalue weighted by atomic mass is 10.0. The molecule has 0 amide bonds. The first kappa shape index (κ1) is 15.6. The van der Waals surface area contributed by atoms with Crippen LogP contribution in [0.15, 0.2) is 60.7 Å². The lowest BCUT2D eigenvalue weighted by Crippen LogP contribution is -2.54. The molecule has 0 atom stereocenters. The molecule has 0 unspecified atom stereocenters. The van der Waals surface area contributed by atoms with Crippen LogP contribution in [0.1, 0.15) is 0 Å². The first-order valence-electron chi connectivity index (χ1n) is 8.65. The maximum Gasteiger partial charge on any atom is 0.308 e. The summed E-state index contributed by atoms with van der Waals surface area (Å²) < 4.78 is 0.468. The smallest absolute Gasteiger partial charge is 0.308 e. The Hall–Kier alpha value is -2.90. The molecule has 2 aromatic carbocycles. The second kappa shape index (κ2) is 6.19. The molecule has 4 heteroatoms. The number of hydrogen-bond acceptors (Lipinski definition) is 3. The summed E-state index contributed by atoms with van der Waals surface area (Å²) in [6.45, 7) is 3.35. The van der Waals surface area contributed by atoms with Gasteiger partial charge in [0.2, 0.25) is 0 Å². The number of fused-ring (bicyclic) bond motifs is 1. The van der Waals surface area contributed by atoms with E-state index >= 15 is 0 Å². The van der Waals surface area contributed by atoms with Crippen molar-refractivity contribution < 1.29 is 4.48 Å². The van der Waals surface area contributed by atoms with Crippen molar-refractivity contribution in [2.24, 2.45) is 0 Å². The van der Waals surface area contributed by atoms with E-state index in [1.807, 2.05) is 13.1 Å². The van der Waals surface area contributed by atoms with Crippen LogP contribution in [0, 0.1) is 11.5 Å². The van der Waals surface area contributed by atoms with Crippen molar-refractivity contribution >= 4 is 16.6 Å². The number of benzene rings is 2. The maximum absolute atomic E-state index is 9.33. The molecule has 3 aromatic rings. The molecule has 0 radical (unpaired) electrons. The van der Waals surface area contributed by atoms with E-state index in [1.165, 1.54) is 10.8 Å². The Morgan fingerprint density at radius 2 is 1.68 bits per heavy atom. The van der Waals surface area contributed by atoms with Gasteiger partial charge in [-0.1, -0.05) is 54.6 Å². The molecular formula is C21H21N4+. The van der Waals surface area contributed by atoms with Crippen LogP contribution in [0.4, 0.5) is 5.82 Å². The second-order valence-corrected chi connectivity index (χ2v) is 6.85. The van der Waals surface area contributed by atoms with Gasteiger partial charge in [0.15, 0.2) is 0 Å². The Kier molecular flexibility index (Phi) is 3.87. The molecule has 1 fully saturated rings. The molecule has 124 valence electrons. The van der Waals surface area contributed by atoms with Gasteiger partial charge in [0, 0.05) is 10.9 Å². The molecule has 0 spiro atoms. The average Bonchev–Trinajstić information content (AvgIpc) is 2.68. The van der Waals surface area contributed by atoms with Gasteiger partial charge in [-0.25, -0.2) is 9.47 Å². The van der Waals surface area contributed by atoms with Gasteiger partial charge in [-0.3, -0.25) is 0 Å². The van der Waals surface area contributed by atoms with Gasteiger partial charge in [-0.2, -0.15) is 0 Å². The van der Waals surface area contributed by atoms with Crippen LogP contribution in [-0.2, 0) is 0 Å². The summed E-state index contributed by atoms with van der Waals surface area (Å²) in [5.41, 5.74) is 2.16. The SMILES string of the molecule is C[N+]1(C#N)CCN(c2cc3ccccc3c(-c3ccccc3)n2)CC1. The molecule has 4 nitrogen and oxygen atoms in total. The Morgan fingerprint density at radius 3 is 2.40 bits per heavy atom. The van der Waals surface area contributed by atoms with Gasteiger partial charge in [-0.05, 0) is 11.5 Å². The quantitative estimate of drug-likeness (QED) is 0.532. The van der Waals surface area contributed by atoms with Crippen molar-refractivity contribution in [3.05, 3.63) is 60.7 Å². The van der Waals surface area contributed by atoms with Crippen LogP contribution in [-0.4, -0.2) is 42.7 Å². The predicted octanol–water partition coefficient (Wildman–Crippen LogP) is 3.65. The molecule has 0 N–H and O–H groups in total. The molecular weight excluding hydrogens is 308 g/mol. The number of nitriles is 1. The van der Waals surface area contributed by atoms with Crippen LogP contribution in [0.2, 0.25) is 0 Å². The van der Waals surface area contributed by atoms with Crippen molar-refractivity contribution in [2.45, 2.75) is 0 Å². The molecule has 1 saturated heterocycles. The topological polar surface area (TPSA) is 39.9 Å². The Balaban J connectivity index is 1.78. The first-order chi connectivity index (χ1) is 12.2. The van der Waals surface area contributed by atoms with E-state index in [0.29, 0.717) is 4.48 Å². The van der Waals surface area contributed by atoms with E-state index in [0.717, 1.165) is 43.3 Å². The van der Waals surface area contributed by atoms with Crippen molar-refractivity contribution in [3.63, 3.8) is 0 Å². The summed E-state index contributed by atoms with van der Waals surface area (Å²) in [5.74, 6) is 1.00. The minimum atomic E-state index is 0.468. The standard InChI is InChI=1S/C21H21N4/c1-25(16-22)13-11-24(12-14-25)20-15-18-9-5-6-10-19(18)21(23-20)17-7-3-2-4-8-17/h2-10,15H,11-14H2,1H3/q+1. The Morgan fingerprint density at radius 1 is 1.00 bits per heavy atom. The Bertz CT molecular complexity index is 935. The van der Waals surface area contributed by atoms with Crippen molar-refractivity contribution in [1.29, 1.82) is 5.26 Å². The van der Waals surface area contributed by atoms with Crippen molar-refractivity contribution in [1.82, 2.24) is 4.98 Å². The third kappa shape index (κ3) is 2.95. The number of likely N-dealkylation sites (N-methyl/N-ethyl adjacent to an activating group) is 1. The minimum absolute atomic E-state index is 0.468. The van der Waals surface area contributed by atoms with Crippen LogP contribution in [0.25, 0.3) is 22.0 Å². The zero-order valence-electron chi connectivity index (χ0n) is 14.4. The highest BCUT2D eigenvalue weighted by molar-refractivity contribution is 5.96. The number of piperazine rings is 1. The predicted molar refractivity (Wildman–Crippen MR) is 101 cm³/mol. The van der Waals surface area contributed by atoms with E-state index in [-0.39, 0.29) is 0 Å². The molecule has 2 heterocycles. The second-order valence-electron chi connectivity index (χ2n) is 6.85. The molecule has 1 aliphatic heterocycles.